The lowest BCUT2D eigenvalue weighted by molar-refractivity contribution is 0.193. The number of halogens is 2. The van der Waals surface area contributed by atoms with E-state index in [1.165, 1.54) is 12.8 Å². The van der Waals surface area contributed by atoms with E-state index in [-0.39, 0.29) is 5.28 Å². The number of para-hydroxylation sites is 1. The zero-order valence-electron chi connectivity index (χ0n) is 19.7. The van der Waals surface area contributed by atoms with Gasteiger partial charge in [-0.05, 0) is 48.4 Å². The second-order valence-corrected chi connectivity index (χ2v) is 10.0. The molecule has 1 fully saturated rings. The largest absolute Gasteiger partial charge is 0.496 e. The molecule has 1 unspecified atom stereocenters. The van der Waals surface area contributed by atoms with E-state index in [4.69, 9.17) is 32.9 Å². The minimum absolute atomic E-state index is 0.0712. The second-order valence-electron chi connectivity index (χ2n) is 9.26. The highest BCUT2D eigenvalue weighted by atomic mass is 35.5. The number of imidazole rings is 1. The van der Waals surface area contributed by atoms with E-state index >= 15 is 0 Å². The van der Waals surface area contributed by atoms with Crippen LogP contribution >= 0.6 is 23.2 Å². The summed E-state index contributed by atoms with van der Waals surface area (Å²) in [6.45, 7) is 3.00. The van der Waals surface area contributed by atoms with Gasteiger partial charge in [-0.25, -0.2) is 9.97 Å². The first-order valence-electron chi connectivity index (χ1n) is 11.8. The van der Waals surface area contributed by atoms with Crippen molar-refractivity contribution < 1.29 is 9.84 Å². The van der Waals surface area contributed by atoms with Crippen molar-refractivity contribution in [2.24, 2.45) is 11.8 Å². The molecule has 3 aromatic heterocycles. The molecule has 0 spiro atoms. The smallest absolute Gasteiger partial charge is 0.225 e. The highest BCUT2D eigenvalue weighted by Crippen LogP contribution is 2.37. The number of aromatic nitrogens is 5. The number of aliphatic hydroxyl groups excluding tert-OH is 1. The normalized spacial score (nSPS) is 19.1. The van der Waals surface area contributed by atoms with Crippen LogP contribution in [0.2, 0.25) is 10.3 Å². The van der Waals surface area contributed by atoms with Crippen LogP contribution in [0.4, 0.5) is 0 Å². The van der Waals surface area contributed by atoms with E-state index in [1.807, 2.05) is 24.3 Å². The quantitative estimate of drug-likeness (QED) is 0.314. The second kappa shape index (κ2) is 10.1. The molecule has 1 aromatic carbocycles. The zero-order valence-corrected chi connectivity index (χ0v) is 21.2. The van der Waals surface area contributed by atoms with Gasteiger partial charge in [0.15, 0.2) is 5.65 Å². The Balaban J connectivity index is 1.71. The molecule has 1 aliphatic rings. The fraction of sp³-hybridized carbons (Fsp3) is 0.385. The van der Waals surface area contributed by atoms with Crippen LogP contribution < -0.4 is 4.74 Å². The molecule has 5 rings (SSSR count). The van der Waals surface area contributed by atoms with Crippen molar-refractivity contribution in [2.75, 3.05) is 7.11 Å². The molecule has 1 N–H and O–H groups in total. The van der Waals surface area contributed by atoms with Gasteiger partial charge in [0, 0.05) is 30.1 Å². The van der Waals surface area contributed by atoms with Gasteiger partial charge < -0.3 is 14.4 Å². The summed E-state index contributed by atoms with van der Waals surface area (Å²) in [4.78, 5) is 18.0. The highest BCUT2D eigenvalue weighted by Gasteiger charge is 2.28. The first-order chi connectivity index (χ1) is 16.9. The average Bonchev–Trinajstić information content (AvgIpc) is 3.22. The van der Waals surface area contributed by atoms with Crippen LogP contribution in [0.5, 0.6) is 5.75 Å². The van der Waals surface area contributed by atoms with E-state index in [2.05, 4.69) is 26.4 Å². The standard InChI is InChI=1S/C26H27Cl2N5O2/c1-15-7-9-16(10-8-15)14-33-22-21(17-11-18(27)13-29-12-17)30-26(28)32-24(22)31-25(33)23(34)19-5-3-4-6-20(19)35-2/h3-6,11-13,15-16,23,34H,7-10,14H2,1-2H3/t15-,16-,23?. The van der Waals surface area contributed by atoms with E-state index < -0.39 is 6.10 Å². The lowest BCUT2D eigenvalue weighted by atomic mass is 9.83. The van der Waals surface area contributed by atoms with Crippen molar-refractivity contribution in [2.45, 2.75) is 45.3 Å². The average molecular weight is 512 g/mol. The number of nitrogens with zero attached hydrogens (tertiary/aromatic N) is 5. The summed E-state index contributed by atoms with van der Waals surface area (Å²) in [6, 6.07) is 9.21. The molecule has 35 heavy (non-hydrogen) atoms. The number of methoxy groups -OCH3 is 1. The van der Waals surface area contributed by atoms with Crippen molar-refractivity contribution in [3.63, 3.8) is 0 Å². The molecule has 4 aromatic rings. The summed E-state index contributed by atoms with van der Waals surface area (Å²) in [5.74, 6) is 2.26. The van der Waals surface area contributed by atoms with Crippen LogP contribution in [0.15, 0.2) is 42.7 Å². The van der Waals surface area contributed by atoms with E-state index in [1.54, 1.807) is 25.6 Å². The maximum absolute atomic E-state index is 11.6. The third-order valence-electron chi connectivity index (χ3n) is 6.84. The first kappa shape index (κ1) is 24.0. The number of benzene rings is 1. The highest BCUT2D eigenvalue weighted by molar-refractivity contribution is 6.30. The topological polar surface area (TPSA) is 85.9 Å². The Bertz CT molecular complexity index is 1350. The fourth-order valence-corrected chi connectivity index (χ4v) is 5.30. The maximum Gasteiger partial charge on any atom is 0.225 e. The summed E-state index contributed by atoms with van der Waals surface area (Å²) in [6.07, 6.45) is 6.86. The number of aliphatic hydroxyl groups is 1. The molecular weight excluding hydrogens is 485 g/mol. The molecule has 0 aliphatic heterocycles. The minimum Gasteiger partial charge on any atom is -0.496 e. The first-order valence-corrected chi connectivity index (χ1v) is 12.6. The molecule has 9 heteroatoms. The van der Waals surface area contributed by atoms with Crippen molar-refractivity contribution in [3.05, 3.63) is 64.4 Å². The van der Waals surface area contributed by atoms with Gasteiger partial charge in [0.1, 0.15) is 28.9 Å². The summed E-state index contributed by atoms with van der Waals surface area (Å²) < 4.78 is 7.58. The van der Waals surface area contributed by atoms with Gasteiger partial charge in [-0.2, -0.15) is 4.98 Å². The number of fused-ring (bicyclic) bond motifs is 1. The molecule has 3 heterocycles. The van der Waals surface area contributed by atoms with Gasteiger partial charge in [0.2, 0.25) is 5.28 Å². The summed E-state index contributed by atoms with van der Waals surface area (Å²) >= 11 is 12.6. The molecule has 0 radical (unpaired) electrons. The van der Waals surface area contributed by atoms with Gasteiger partial charge in [-0.1, -0.05) is 49.6 Å². The van der Waals surface area contributed by atoms with Gasteiger partial charge in [0.25, 0.3) is 0 Å². The predicted octanol–water partition coefficient (Wildman–Crippen LogP) is 6.11. The van der Waals surface area contributed by atoms with Crippen LogP contribution in [0.3, 0.4) is 0 Å². The van der Waals surface area contributed by atoms with Gasteiger partial charge in [-0.15, -0.1) is 0 Å². The minimum atomic E-state index is -1.02. The summed E-state index contributed by atoms with van der Waals surface area (Å²) in [7, 11) is 1.59. The Morgan fingerprint density at radius 2 is 1.86 bits per heavy atom. The Morgan fingerprint density at radius 1 is 1.09 bits per heavy atom. The van der Waals surface area contributed by atoms with Crippen LogP contribution in [0.1, 0.15) is 50.1 Å². The van der Waals surface area contributed by atoms with Crippen LogP contribution in [-0.2, 0) is 6.54 Å². The fourth-order valence-electron chi connectivity index (χ4n) is 4.96. The van der Waals surface area contributed by atoms with Crippen molar-refractivity contribution in [1.29, 1.82) is 0 Å². The summed E-state index contributed by atoms with van der Waals surface area (Å²) in [5.41, 5.74) is 3.07. The molecule has 0 amide bonds. The van der Waals surface area contributed by atoms with Crippen molar-refractivity contribution >= 4 is 34.4 Å². The monoisotopic (exact) mass is 511 g/mol. The molecule has 1 saturated carbocycles. The van der Waals surface area contributed by atoms with Gasteiger partial charge in [-0.3, -0.25) is 4.98 Å². The zero-order chi connectivity index (χ0) is 24.5. The summed E-state index contributed by atoms with van der Waals surface area (Å²) in [5, 5.41) is 12.1. The van der Waals surface area contributed by atoms with Crippen molar-refractivity contribution in [1.82, 2.24) is 24.5 Å². The lowest BCUT2D eigenvalue weighted by Crippen LogP contribution is -2.20. The van der Waals surface area contributed by atoms with E-state index in [9.17, 15) is 5.11 Å². The Hall–Kier alpha value is -2.74. The van der Waals surface area contributed by atoms with Gasteiger partial charge >= 0.3 is 0 Å². The predicted molar refractivity (Wildman–Crippen MR) is 137 cm³/mol. The third-order valence-corrected chi connectivity index (χ3v) is 7.21. The Morgan fingerprint density at radius 3 is 2.60 bits per heavy atom. The van der Waals surface area contributed by atoms with Crippen LogP contribution in [0.25, 0.3) is 22.4 Å². The third kappa shape index (κ3) is 4.85. The SMILES string of the molecule is COc1ccccc1C(O)c1nc2nc(Cl)nc(-c3cncc(Cl)c3)c2n1C[C@H]1CC[C@H](C)CC1. The number of ether oxygens (including phenoxy) is 1. The Labute approximate surface area is 214 Å². The Kier molecular flexibility index (Phi) is 6.91. The van der Waals surface area contributed by atoms with E-state index in [0.29, 0.717) is 57.0 Å². The number of hydrogen-bond donors (Lipinski definition) is 1. The van der Waals surface area contributed by atoms with E-state index in [0.717, 1.165) is 18.8 Å². The number of pyridine rings is 1. The molecule has 7 nitrogen and oxygen atoms in total. The van der Waals surface area contributed by atoms with Crippen LogP contribution in [-0.4, -0.2) is 36.7 Å². The lowest BCUT2D eigenvalue weighted by Gasteiger charge is -2.28. The molecule has 1 aliphatic carbocycles. The molecular formula is C26H27Cl2N5O2. The van der Waals surface area contributed by atoms with Gasteiger partial charge in [0.05, 0.1) is 12.1 Å². The number of rotatable bonds is 6. The molecule has 182 valence electrons. The molecule has 0 saturated heterocycles. The molecule has 1 atom stereocenters. The van der Waals surface area contributed by atoms with Crippen LogP contribution in [0, 0.1) is 11.8 Å². The van der Waals surface area contributed by atoms with Crippen molar-refractivity contribution in [3.8, 4) is 17.0 Å². The maximum atomic E-state index is 11.6. The molecule has 0 bridgehead atoms. The number of hydrogen-bond acceptors (Lipinski definition) is 6.